The van der Waals surface area contributed by atoms with Crippen LogP contribution in [0.1, 0.15) is 12.8 Å². The molecule has 3 rings (SSSR count). The number of rotatable bonds is 5. The molecule has 1 fully saturated rings. The predicted octanol–water partition coefficient (Wildman–Crippen LogP) is 1.92. The first-order valence-corrected chi connectivity index (χ1v) is 6.02. The standard InChI is InChI=1S/C12H13N3O4/c16-7-12(3-4-12)6-13-11-14-9-5-8(15(17)18)1-2-10(9)19-11/h1-2,5,16H,3-4,6-7H2,(H,13,14). The zero-order valence-corrected chi connectivity index (χ0v) is 10.1. The van der Waals surface area contributed by atoms with E-state index in [0.717, 1.165) is 12.8 Å². The highest BCUT2D eigenvalue weighted by Crippen LogP contribution is 2.44. The van der Waals surface area contributed by atoms with Crippen molar-refractivity contribution >= 4 is 22.8 Å². The van der Waals surface area contributed by atoms with Gasteiger partial charge in [0, 0.05) is 24.1 Å². The van der Waals surface area contributed by atoms with E-state index in [9.17, 15) is 15.2 Å². The number of fused-ring (bicyclic) bond motifs is 1. The topological polar surface area (TPSA) is 101 Å². The van der Waals surface area contributed by atoms with Crippen molar-refractivity contribution in [2.75, 3.05) is 18.5 Å². The number of nitro benzene ring substituents is 1. The van der Waals surface area contributed by atoms with E-state index in [4.69, 9.17) is 4.42 Å². The molecule has 0 radical (unpaired) electrons. The zero-order valence-electron chi connectivity index (χ0n) is 10.1. The van der Waals surface area contributed by atoms with Crippen LogP contribution in [0.3, 0.4) is 0 Å². The van der Waals surface area contributed by atoms with Gasteiger partial charge in [0.15, 0.2) is 5.58 Å². The molecule has 0 saturated heterocycles. The van der Waals surface area contributed by atoms with Gasteiger partial charge in [-0.15, -0.1) is 0 Å². The van der Waals surface area contributed by atoms with E-state index >= 15 is 0 Å². The van der Waals surface area contributed by atoms with Gasteiger partial charge in [0.05, 0.1) is 11.5 Å². The van der Waals surface area contributed by atoms with Crippen molar-refractivity contribution in [2.45, 2.75) is 12.8 Å². The van der Waals surface area contributed by atoms with E-state index in [1.165, 1.54) is 18.2 Å². The number of anilines is 1. The fourth-order valence-electron chi connectivity index (χ4n) is 1.94. The first-order valence-electron chi connectivity index (χ1n) is 6.02. The molecule has 1 heterocycles. The van der Waals surface area contributed by atoms with Crippen LogP contribution in [0.4, 0.5) is 11.7 Å². The zero-order chi connectivity index (χ0) is 13.5. The molecule has 1 saturated carbocycles. The van der Waals surface area contributed by atoms with Gasteiger partial charge in [-0.2, -0.15) is 4.98 Å². The summed E-state index contributed by atoms with van der Waals surface area (Å²) in [7, 11) is 0. The van der Waals surface area contributed by atoms with E-state index in [2.05, 4.69) is 10.3 Å². The van der Waals surface area contributed by atoms with Crippen LogP contribution < -0.4 is 5.32 Å². The first-order chi connectivity index (χ1) is 9.12. The van der Waals surface area contributed by atoms with Gasteiger partial charge in [-0.25, -0.2) is 0 Å². The van der Waals surface area contributed by atoms with Gasteiger partial charge in [0.1, 0.15) is 5.52 Å². The Balaban J connectivity index is 1.79. The lowest BCUT2D eigenvalue weighted by atomic mass is 10.1. The molecule has 0 bridgehead atoms. The third-order valence-corrected chi connectivity index (χ3v) is 3.49. The molecule has 1 aliphatic rings. The summed E-state index contributed by atoms with van der Waals surface area (Å²) in [5.74, 6) is 0. The fraction of sp³-hybridized carbons (Fsp3) is 0.417. The molecule has 0 amide bonds. The SMILES string of the molecule is O=[N+]([O-])c1ccc2oc(NCC3(CO)CC3)nc2c1. The van der Waals surface area contributed by atoms with Crippen LogP contribution in [0.5, 0.6) is 0 Å². The minimum Gasteiger partial charge on any atom is -0.424 e. The summed E-state index contributed by atoms with van der Waals surface area (Å²) in [6.45, 7) is 0.740. The lowest BCUT2D eigenvalue weighted by molar-refractivity contribution is -0.384. The molecule has 1 aromatic heterocycles. The van der Waals surface area contributed by atoms with Crippen molar-refractivity contribution in [3.63, 3.8) is 0 Å². The van der Waals surface area contributed by atoms with Gasteiger partial charge in [0.25, 0.3) is 11.7 Å². The molecule has 2 N–H and O–H groups in total. The summed E-state index contributed by atoms with van der Waals surface area (Å²) in [5, 5.41) is 22.9. The molecular weight excluding hydrogens is 250 g/mol. The Morgan fingerprint density at radius 3 is 2.95 bits per heavy atom. The second kappa shape index (κ2) is 4.20. The molecule has 1 aromatic carbocycles. The lowest BCUT2D eigenvalue weighted by Gasteiger charge is -2.10. The molecule has 1 aliphatic carbocycles. The van der Waals surface area contributed by atoms with Crippen molar-refractivity contribution in [1.82, 2.24) is 4.98 Å². The van der Waals surface area contributed by atoms with Crippen LogP contribution in [-0.2, 0) is 0 Å². The van der Waals surface area contributed by atoms with Gasteiger partial charge in [-0.3, -0.25) is 10.1 Å². The second-order valence-electron chi connectivity index (χ2n) is 4.94. The molecule has 100 valence electrons. The van der Waals surface area contributed by atoms with Gasteiger partial charge in [-0.1, -0.05) is 0 Å². The molecule has 2 aromatic rings. The number of non-ortho nitro benzene ring substituents is 1. The second-order valence-corrected chi connectivity index (χ2v) is 4.94. The maximum Gasteiger partial charge on any atom is 0.295 e. The van der Waals surface area contributed by atoms with Crippen molar-refractivity contribution in [3.8, 4) is 0 Å². The molecule has 0 spiro atoms. The Morgan fingerprint density at radius 1 is 1.53 bits per heavy atom. The summed E-state index contributed by atoms with van der Waals surface area (Å²) in [6.07, 6.45) is 1.98. The van der Waals surface area contributed by atoms with Crippen LogP contribution in [0.15, 0.2) is 22.6 Å². The number of aliphatic hydroxyl groups excluding tert-OH is 1. The molecule has 19 heavy (non-hydrogen) atoms. The Labute approximate surface area is 108 Å². The molecule has 7 heteroatoms. The average Bonchev–Trinajstić information content (AvgIpc) is 3.07. The fourth-order valence-corrected chi connectivity index (χ4v) is 1.94. The summed E-state index contributed by atoms with van der Waals surface area (Å²) in [6, 6.07) is 4.62. The number of oxazole rings is 1. The average molecular weight is 263 g/mol. The van der Waals surface area contributed by atoms with E-state index in [1.54, 1.807) is 0 Å². The molecule has 7 nitrogen and oxygen atoms in total. The minimum absolute atomic E-state index is 0.0126. The first kappa shape index (κ1) is 11.9. The van der Waals surface area contributed by atoms with Crippen molar-refractivity contribution in [3.05, 3.63) is 28.3 Å². The van der Waals surface area contributed by atoms with Gasteiger partial charge in [0.2, 0.25) is 0 Å². The smallest absolute Gasteiger partial charge is 0.295 e. The number of nitrogens with zero attached hydrogens (tertiary/aromatic N) is 2. The monoisotopic (exact) mass is 263 g/mol. The highest BCUT2D eigenvalue weighted by molar-refractivity contribution is 5.77. The largest absolute Gasteiger partial charge is 0.424 e. The maximum atomic E-state index is 10.7. The highest BCUT2D eigenvalue weighted by atomic mass is 16.6. The lowest BCUT2D eigenvalue weighted by Crippen LogP contribution is -2.19. The molecule has 0 aliphatic heterocycles. The minimum atomic E-state index is -0.466. The normalized spacial score (nSPS) is 16.5. The third kappa shape index (κ3) is 2.24. The number of hydrogen-bond acceptors (Lipinski definition) is 6. The van der Waals surface area contributed by atoms with E-state index in [-0.39, 0.29) is 17.7 Å². The third-order valence-electron chi connectivity index (χ3n) is 3.49. The van der Waals surface area contributed by atoms with Gasteiger partial charge in [-0.05, 0) is 18.9 Å². The van der Waals surface area contributed by atoms with Crippen LogP contribution >= 0.6 is 0 Å². The van der Waals surface area contributed by atoms with E-state index in [0.29, 0.717) is 23.7 Å². The van der Waals surface area contributed by atoms with Crippen LogP contribution in [0, 0.1) is 15.5 Å². The Bertz CT molecular complexity index is 633. The predicted molar refractivity (Wildman–Crippen MR) is 67.9 cm³/mol. The van der Waals surface area contributed by atoms with Crippen LogP contribution in [0.2, 0.25) is 0 Å². The van der Waals surface area contributed by atoms with Crippen molar-refractivity contribution in [1.29, 1.82) is 0 Å². The van der Waals surface area contributed by atoms with Crippen LogP contribution in [0.25, 0.3) is 11.1 Å². The quantitative estimate of drug-likeness (QED) is 0.631. The van der Waals surface area contributed by atoms with E-state index < -0.39 is 4.92 Å². The summed E-state index contributed by atoms with van der Waals surface area (Å²) in [4.78, 5) is 14.4. The Morgan fingerprint density at radius 2 is 2.32 bits per heavy atom. The van der Waals surface area contributed by atoms with Gasteiger partial charge < -0.3 is 14.8 Å². The van der Waals surface area contributed by atoms with Crippen molar-refractivity contribution in [2.24, 2.45) is 5.41 Å². The molecule has 0 atom stereocenters. The summed E-state index contributed by atoms with van der Waals surface area (Å²) in [5.41, 5.74) is 0.890. The number of hydrogen-bond donors (Lipinski definition) is 2. The molecular formula is C12H13N3O4. The molecule has 0 unspecified atom stereocenters. The Hall–Kier alpha value is -2.15. The Kier molecular flexibility index (Phi) is 2.63. The number of nitro groups is 1. The number of nitrogens with one attached hydrogen (secondary N) is 1. The van der Waals surface area contributed by atoms with Crippen molar-refractivity contribution < 1.29 is 14.4 Å². The number of aliphatic hydroxyl groups is 1. The summed E-state index contributed by atoms with van der Waals surface area (Å²) >= 11 is 0. The van der Waals surface area contributed by atoms with E-state index in [1.807, 2.05) is 0 Å². The summed E-state index contributed by atoms with van der Waals surface area (Å²) < 4.78 is 5.44. The van der Waals surface area contributed by atoms with Crippen LogP contribution in [-0.4, -0.2) is 28.2 Å². The van der Waals surface area contributed by atoms with Gasteiger partial charge >= 0.3 is 0 Å². The number of aromatic nitrogens is 1. The number of benzene rings is 1. The maximum absolute atomic E-state index is 10.7. The highest BCUT2D eigenvalue weighted by Gasteiger charge is 2.42.